The van der Waals surface area contributed by atoms with E-state index in [2.05, 4.69) is 0 Å². The first-order chi connectivity index (χ1) is 3.35. The molecule has 4 heteroatoms. The first-order valence-corrected chi connectivity index (χ1v) is 1.99. The average Bonchev–Trinajstić information content (AvgIpc) is 1.72. The summed E-state index contributed by atoms with van der Waals surface area (Å²) < 4.78 is 0. The number of aliphatic hydroxyl groups is 2. The number of rotatable bonds is 3. The van der Waals surface area contributed by atoms with E-state index in [9.17, 15) is 0 Å². The van der Waals surface area contributed by atoms with Crippen LogP contribution in [0, 0.1) is 0 Å². The highest BCUT2D eigenvalue weighted by Crippen LogP contribution is 1.72. The molecule has 0 atom stereocenters. The van der Waals surface area contributed by atoms with Crippen LogP contribution in [0.4, 0.5) is 0 Å². The molecule has 0 aliphatic rings. The normalized spacial score (nSPS) is 10.3. The van der Waals surface area contributed by atoms with Crippen molar-refractivity contribution in [1.29, 1.82) is 0 Å². The summed E-state index contributed by atoms with van der Waals surface area (Å²) in [5.41, 5.74) is 5.00. The highest BCUT2D eigenvalue weighted by Gasteiger charge is 1.92. The summed E-state index contributed by atoms with van der Waals surface area (Å²) in [6.45, 7) is -0.188. The minimum Gasteiger partial charge on any atom is -0.381 e. The third-order valence-corrected chi connectivity index (χ3v) is 0.658. The summed E-state index contributed by atoms with van der Waals surface area (Å²) in [7, 11) is 0. The Bertz CT molecular complexity index is 32.4. The van der Waals surface area contributed by atoms with Gasteiger partial charge in [-0.15, -0.1) is 0 Å². The van der Waals surface area contributed by atoms with Crippen molar-refractivity contribution in [3.8, 4) is 0 Å². The van der Waals surface area contributed by atoms with Crippen LogP contribution in [-0.2, 0) is 0 Å². The number of nitrogens with zero attached hydrogens (tertiary/aromatic N) is 1. The molecular weight excluding hydrogens is 96.0 g/mol. The highest BCUT2D eigenvalue weighted by atomic mass is 16.3. The van der Waals surface area contributed by atoms with Crippen molar-refractivity contribution < 1.29 is 10.2 Å². The Morgan fingerprint density at radius 2 is 1.71 bits per heavy atom. The van der Waals surface area contributed by atoms with Gasteiger partial charge in [-0.25, -0.2) is 4.90 Å². The molecule has 0 amide bonds. The van der Waals surface area contributed by atoms with Crippen molar-refractivity contribution >= 4 is 0 Å². The Morgan fingerprint density at radius 1 is 1.29 bits per heavy atom. The fraction of sp³-hybridized carbons (Fsp3) is 1.00. The Kier molecular flexibility index (Phi) is 3.92. The maximum Gasteiger partial charge on any atom is 0.0984 e. The molecule has 0 radical (unpaired) electrons. The lowest BCUT2D eigenvalue weighted by atomic mass is 10.8. The van der Waals surface area contributed by atoms with Crippen LogP contribution in [0.25, 0.3) is 0 Å². The van der Waals surface area contributed by atoms with Crippen molar-refractivity contribution in [2.24, 2.45) is 5.73 Å². The third-order valence-electron chi connectivity index (χ3n) is 0.658. The van der Waals surface area contributed by atoms with Gasteiger partial charge >= 0.3 is 0 Å². The van der Waals surface area contributed by atoms with Crippen molar-refractivity contribution in [3.05, 3.63) is 0 Å². The lowest BCUT2D eigenvalue weighted by Gasteiger charge is -2.10. The van der Waals surface area contributed by atoms with Crippen LogP contribution >= 0.6 is 0 Å². The van der Waals surface area contributed by atoms with Gasteiger partial charge in [0.15, 0.2) is 0 Å². The van der Waals surface area contributed by atoms with E-state index in [1.165, 1.54) is 4.90 Å². The number of nitrogens with two attached hydrogens (primary N) is 1. The van der Waals surface area contributed by atoms with Crippen molar-refractivity contribution in [2.75, 3.05) is 20.1 Å². The van der Waals surface area contributed by atoms with Crippen LogP contribution in [0.2, 0.25) is 0 Å². The first kappa shape index (κ1) is 6.84. The van der Waals surface area contributed by atoms with E-state index in [4.69, 9.17) is 15.9 Å². The Morgan fingerprint density at radius 3 is 1.71 bits per heavy atom. The van der Waals surface area contributed by atoms with Crippen molar-refractivity contribution in [3.63, 3.8) is 0 Å². The van der Waals surface area contributed by atoms with Crippen LogP contribution in [-0.4, -0.2) is 35.2 Å². The van der Waals surface area contributed by atoms with Gasteiger partial charge in [-0.05, 0) is 0 Å². The second-order valence-corrected chi connectivity index (χ2v) is 1.14. The monoisotopic (exact) mass is 106 g/mol. The molecule has 0 heterocycles. The molecular formula is C3H10N2O2. The average molecular weight is 106 g/mol. The quantitative estimate of drug-likeness (QED) is 0.368. The number of hydrogen-bond acceptors (Lipinski definition) is 4. The fourth-order valence-corrected chi connectivity index (χ4v) is 0.160. The van der Waals surface area contributed by atoms with Gasteiger partial charge in [0.05, 0.1) is 13.5 Å². The maximum absolute atomic E-state index is 8.21. The summed E-state index contributed by atoms with van der Waals surface area (Å²) in [4.78, 5) is 1.26. The first-order valence-electron chi connectivity index (χ1n) is 1.99. The molecule has 0 saturated heterocycles. The van der Waals surface area contributed by atoms with Gasteiger partial charge in [0.25, 0.3) is 0 Å². The van der Waals surface area contributed by atoms with Gasteiger partial charge in [-0.3, -0.25) is 0 Å². The molecule has 0 aromatic rings. The summed E-state index contributed by atoms with van der Waals surface area (Å²) in [6, 6.07) is 0. The van der Waals surface area contributed by atoms with Gasteiger partial charge in [0.1, 0.15) is 0 Å². The topological polar surface area (TPSA) is 69.7 Å². The van der Waals surface area contributed by atoms with Crippen LogP contribution in [0.5, 0.6) is 0 Å². The van der Waals surface area contributed by atoms with E-state index in [-0.39, 0.29) is 20.1 Å². The minimum absolute atomic E-state index is 0.188. The van der Waals surface area contributed by atoms with Crippen LogP contribution in [0.15, 0.2) is 0 Å². The standard InChI is InChI=1S/C3H10N2O2/c4-1-5(2-6)3-7/h6-7H,1-4H2. The van der Waals surface area contributed by atoms with Crippen molar-refractivity contribution in [2.45, 2.75) is 0 Å². The fourth-order valence-electron chi connectivity index (χ4n) is 0.160. The van der Waals surface area contributed by atoms with Crippen LogP contribution in [0.3, 0.4) is 0 Å². The van der Waals surface area contributed by atoms with E-state index in [1.807, 2.05) is 0 Å². The third kappa shape index (κ3) is 2.52. The molecule has 0 unspecified atom stereocenters. The predicted octanol–water partition coefficient (Wildman–Crippen LogP) is -1.90. The smallest absolute Gasteiger partial charge is 0.0984 e. The van der Waals surface area contributed by atoms with Gasteiger partial charge in [-0.1, -0.05) is 0 Å². The highest BCUT2D eigenvalue weighted by molar-refractivity contribution is 4.32. The lowest BCUT2D eigenvalue weighted by Crippen LogP contribution is -2.31. The predicted molar refractivity (Wildman–Crippen MR) is 25.1 cm³/mol. The van der Waals surface area contributed by atoms with Gasteiger partial charge in [0.2, 0.25) is 0 Å². The molecule has 44 valence electrons. The second-order valence-electron chi connectivity index (χ2n) is 1.14. The Hall–Kier alpha value is -0.160. The zero-order chi connectivity index (χ0) is 5.70. The summed E-state index contributed by atoms with van der Waals surface area (Å²) in [5.74, 6) is 0. The van der Waals surface area contributed by atoms with Gasteiger partial charge < -0.3 is 15.9 Å². The van der Waals surface area contributed by atoms with Crippen LogP contribution in [0.1, 0.15) is 0 Å². The zero-order valence-corrected chi connectivity index (χ0v) is 4.04. The molecule has 0 aliphatic carbocycles. The molecule has 0 aliphatic heterocycles. The molecule has 4 nitrogen and oxygen atoms in total. The van der Waals surface area contributed by atoms with Gasteiger partial charge in [-0.2, -0.15) is 0 Å². The molecule has 0 aromatic carbocycles. The van der Waals surface area contributed by atoms with Crippen molar-refractivity contribution in [1.82, 2.24) is 4.90 Å². The van der Waals surface area contributed by atoms with Gasteiger partial charge in [0, 0.05) is 6.67 Å². The Labute approximate surface area is 42.2 Å². The summed E-state index contributed by atoms with van der Waals surface area (Å²) in [5, 5.41) is 16.4. The molecule has 0 aromatic heterocycles. The largest absolute Gasteiger partial charge is 0.381 e. The van der Waals surface area contributed by atoms with E-state index < -0.39 is 0 Å². The van der Waals surface area contributed by atoms with Crippen LogP contribution < -0.4 is 5.73 Å². The summed E-state index contributed by atoms with van der Waals surface area (Å²) in [6.07, 6.45) is 0. The SMILES string of the molecule is NCN(CO)CO. The number of aliphatic hydroxyl groups excluding tert-OH is 2. The van der Waals surface area contributed by atoms with E-state index in [0.29, 0.717) is 0 Å². The molecule has 0 spiro atoms. The maximum atomic E-state index is 8.21. The molecule has 0 rings (SSSR count). The van der Waals surface area contributed by atoms with E-state index in [0.717, 1.165) is 0 Å². The molecule has 7 heavy (non-hydrogen) atoms. The lowest BCUT2D eigenvalue weighted by molar-refractivity contribution is 0.0317. The van der Waals surface area contributed by atoms with E-state index >= 15 is 0 Å². The molecule has 4 N–H and O–H groups in total. The molecule has 0 bridgehead atoms. The summed E-state index contributed by atoms with van der Waals surface area (Å²) >= 11 is 0. The van der Waals surface area contributed by atoms with E-state index in [1.54, 1.807) is 0 Å². The Balaban J connectivity index is 2.99. The molecule has 0 saturated carbocycles. The zero-order valence-electron chi connectivity index (χ0n) is 4.04. The number of hydrogen-bond donors (Lipinski definition) is 3. The second kappa shape index (κ2) is 4.01. The molecule has 0 fully saturated rings. The minimum atomic E-state index is -0.188.